The summed E-state index contributed by atoms with van der Waals surface area (Å²) < 4.78 is 16.4. The second-order valence-corrected chi connectivity index (χ2v) is 11.9. The third-order valence-corrected chi connectivity index (χ3v) is 7.16. The highest BCUT2D eigenvalue weighted by molar-refractivity contribution is 6.04. The van der Waals surface area contributed by atoms with Crippen LogP contribution in [0.3, 0.4) is 0 Å². The van der Waals surface area contributed by atoms with Crippen LogP contribution >= 0.6 is 0 Å². The molecule has 0 aliphatic heterocycles. The lowest BCUT2D eigenvalue weighted by atomic mass is 9.98. The number of unbranched alkanes of at least 4 members (excludes halogenated alkanes) is 1. The topological polar surface area (TPSA) is 120 Å². The molecule has 2 N–H and O–H groups in total. The van der Waals surface area contributed by atoms with Gasteiger partial charge >= 0.3 is 18.2 Å². The Morgan fingerprint density at radius 1 is 0.822 bits per heavy atom. The van der Waals surface area contributed by atoms with Crippen LogP contribution in [0.4, 0.5) is 9.59 Å². The summed E-state index contributed by atoms with van der Waals surface area (Å²) >= 11 is 0. The van der Waals surface area contributed by atoms with Gasteiger partial charge < -0.3 is 24.8 Å². The Morgan fingerprint density at radius 2 is 1.42 bits per heavy atom. The molecule has 0 spiro atoms. The maximum absolute atomic E-state index is 13.2. The Morgan fingerprint density at radius 3 is 2.04 bits per heavy atom. The Bertz CT molecular complexity index is 1500. The van der Waals surface area contributed by atoms with Crippen LogP contribution < -0.4 is 10.6 Å². The lowest BCUT2D eigenvalue weighted by molar-refractivity contribution is -0.142. The number of amides is 2. The first-order chi connectivity index (χ1) is 21.5. The summed E-state index contributed by atoms with van der Waals surface area (Å²) in [5.74, 6) is -1.07. The van der Waals surface area contributed by atoms with Crippen LogP contribution in [0.15, 0.2) is 90.7 Å². The van der Waals surface area contributed by atoms with E-state index in [0.29, 0.717) is 24.9 Å². The van der Waals surface area contributed by atoms with Crippen LogP contribution in [0.1, 0.15) is 74.4 Å². The molecule has 0 unspecified atom stereocenters. The van der Waals surface area contributed by atoms with Crippen LogP contribution in [-0.4, -0.2) is 48.7 Å². The number of ether oxygens (including phenoxy) is 3. The largest absolute Gasteiger partial charge is 0.449 e. The zero-order valence-electron chi connectivity index (χ0n) is 26.1. The number of ketones is 1. The molecule has 9 heteroatoms. The van der Waals surface area contributed by atoms with Crippen molar-refractivity contribution in [3.8, 4) is 11.1 Å². The fourth-order valence-corrected chi connectivity index (χ4v) is 5.14. The molecule has 3 aromatic rings. The van der Waals surface area contributed by atoms with Crippen molar-refractivity contribution >= 4 is 23.9 Å². The lowest BCUT2D eigenvalue weighted by Crippen LogP contribution is -2.42. The van der Waals surface area contributed by atoms with E-state index in [2.05, 4.69) is 22.8 Å². The van der Waals surface area contributed by atoms with E-state index < -0.39 is 29.8 Å². The molecule has 9 nitrogen and oxygen atoms in total. The molecule has 0 bridgehead atoms. The minimum Gasteiger partial charge on any atom is -0.449 e. The monoisotopic (exact) mass is 612 g/mol. The molecule has 1 atom stereocenters. The molecule has 1 aliphatic rings. The van der Waals surface area contributed by atoms with E-state index in [1.54, 1.807) is 51.1 Å². The lowest BCUT2D eigenvalue weighted by Gasteiger charge is -2.20. The van der Waals surface area contributed by atoms with Crippen LogP contribution in [0.5, 0.6) is 0 Å². The zero-order chi connectivity index (χ0) is 32.4. The standard InChI is InChI=1S/C36H40N2O7/c1-24(22-32(39)25-14-6-5-7-15-25)44-33(40)31(20-12-13-21-37-34(41)45-36(2,3)4)38-35(42)43-23-30-28-18-10-8-16-26(28)27-17-9-11-19-29(27)30/h5-11,14-19,22,30-31H,12-13,20-21,23H2,1-4H3,(H,37,41)(H,38,42)/b24-22+/t31-/m0/s1. The second kappa shape index (κ2) is 15.2. The van der Waals surface area contributed by atoms with Gasteiger partial charge in [-0.1, -0.05) is 78.9 Å². The van der Waals surface area contributed by atoms with Crippen LogP contribution in [0.2, 0.25) is 0 Å². The summed E-state index contributed by atoms with van der Waals surface area (Å²) in [4.78, 5) is 50.7. The van der Waals surface area contributed by atoms with Crippen molar-refractivity contribution < 1.29 is 33.4 Å². The molecule has 236 valence electrons. The van der Waals surface area contributed by atoms with Gasteiger partial charge in [-0.05, 0) is 69.2 Å². The van der Waals surface area contributed by atoms with E-state index in [1.165, 1.54) is 13.0 Å². The summed E-state index contributed by atoms with van der Waals surface area (Å²) in [6.45, 7) is 7.26. The average Bonchev–Trinajstić information content (AvgIpc) is 3.32. The predicted octanol–water partition coefficient (Wildman–Crippen LogP) is 6.92. The van der Waals surface area contributed by atoms with E-state index in [4.69, 9.17) is 14.2 Å². The molecular formula is C36H40N2O7. The maximum Gasteiger partial charge on any atom is 0.407 e. The molecule has 0 saturated heterocycles. The van der Waals surface area contributed by atoms with Crippen molar-refractivity contribution in [2.45, 2.75) is 64.5 Å². The van der Waals surface area contributed by atoms with Gasteiger partial charge in [-0.2, -0.15) is 0 Å². The highest BCUT2D eigenvalue weighted by Crippen LogP contribution is 2.44. The van der Waals surface area contributed by atoms with Gasteiger partial charge in [0.2, 0.25) is 0 Å². The molecule has 0 fully saturated rings. The van der Waals surface area contributed by atoms with Crippen molar-refractivity contribution in [3.63, 3.8) is 0 Å². The third-order valence-electron chi connectivity index (χ3n) is 7.16. The van der Waals surface area contributed by atoms with Gasteiger partial charge in [-0.3, -0.25) is 4.79 Å². The molecule has 3 aromatic carbocycles. The summed E-state index contributed by atoms with van der Waals surface area (Å²) in [7, 11) is 0. The highest BCUT2D eigenvalue weighted by Gasteiger charge is 2.30. The first-order valence-electron chi connectivity index (χ1n) is 15.1. The first-order valence-corrected chi connectivity index (χ1v) is 15.1. The summed E-state index contributed by atoms with van der Waals surface area (Å²) in [6.07, 6.45) is 1.18. The summed E-state index contributed by atoms with van der Waals surface area (Å²) in [5, 5.41) is 5.33. The number of esters is 1. The molecule has 1 aliphatic carbocycles. The van der Waals surface area contributed by atoms with Crippen molar-refractivity contribution in [1.82, 2.24) is 10.6 Å². The Labute approximate surface area is 264 Å². The number of fused-ring (bicyclic) bond motifs is 3. The average molecular weight is 613 g/mol. The van der Waals surface area contributed by atoms with Gasteiger partial charge in [0.25, 0.3) is 0 Å². The van der Waals surface area contributed by atoms with Gasteiger partial charge in [-0.15, -0.1) is 0 Å². The number of hydrogen-bond acceptors (Lipinski definition) is 7. The van der Waals surface area contributed by atoms with E-state index >= 15 is 0 Å². The summed E-state index contributed by atoms with van der Waals surface area (Å²) in [6, 6.07) is 23.6. The first kappa shape index (κ1) is 33.0. The SMILES string of the molecule is C/C(=C\C(=O)c1ccccc1)OC(=O)[C@H](CCCCNC(=O)OC(C)(C)C)NC(=O)OCC1c2ccccc2-c2ccccc21. The highest BCUT2D eigenvalue weighted by atomic mass is 16.6. The number of alkyl carbamates (subject to hydrolysis) is 2. The van der Waals surface area contributed by atoms with E-state index in [9.17, 15) is 19.2 Å². The fourth-order valence-electron chi connectivity index (χ4n) is 5.14. The van der Waals surface area contributed by atoms with Gasteiger partial charge in [0, 0.05) is 24.1 Å². The summed E-state index contributed by atoms with van der Waals surface area (Å²) in [5.41, 5.74) is 4.21. The molecule has 0 heterocycles. The maximum atomic E-state index is 13.2. The number of nitrogens with one attached hydrogen (secondary N) is 2. The van der Waals surface area contributed by atoms with Crippen LogP contribution in [0, 0.1) is 0 Å². The van der Waals surface area contributed by atoms with E-state index in [-0.39, 0.29) is 30.5 Å². The molecule has 0 radical (unpaired) electrons. The van der Waals surface area contributed by atoms with Crippen LogP contribution in [0.25, 0.3) is 11.1 Å². The van der Waals surface area contributed by atoms with Gasteiger partial charge in [0.1, 0.15) is 24.0 Å². The third kappa shape index (κ3) is 9.53. The second-order valence-electron chi connectivity index (χ2n) is 11.9. The normalized spacial score (nSPS) is 13.2. The van der Waals surface area contributed by atoms with Gasteiger partial charge in [-0.25, -0.2) is 14.4 Å². The molecule has 4 rings (SSSR count). The number of allylic oxidation sites excluding steroid dienone is 2. The Hall–Kier alpha value is -4.92. The molecule has 2 amide bonds. The molecule has 0 aromatic heterocycles. The molecule has 0 saturated carbocycles. The number of hydrogen-bond donors (Lipinski definition) is 2. The van der Waals surface area contributed by atoms with Gasteiger partial charge in [0.05, 0.1) is 0 Å². The molecule has 45 heavy (non-hydrogen) atoms. The number of rotatable bonds is 12. The van der Waals surface area contributed by atoms with E-state index in [1.807, 2.05) is 36.4 Å². The number of benzene rings is 3. The minimum absolute atomic E-state index is 0.0892. The van der Waals surface area contributed by atoms with Crippen molar-refractivity contribution in [1.29, 1.82) is 0 Å². The van der Waals surface area contributed by atoms with Crippen molar-refractivity contribution in [2.24, 2.45) is 0 Å². The van der Waals surface area contributed by atoms with Crippen molar-refractivity contribution in [2.75, 3.05) is 13.2 Å². The zero-order valence-corrected chi connectivity index (χ0v) is 26.1. The predicted molar refractivity (Wildman–Crippen MR) is 171 cm³/mol. The number of carbonyl (C=O) groups is 4. The van der Waals surface area contributed by atoms with Gasteiger partial charge in [0.15, 0.2) is 5.78 Å². The van der Waals surface area contributed by atoms with E-state index in [0.717, 1.165) is 22.3 Å². The minimum atomic E-state index is -1.04. The Balaban J connectivity index is 1.37. The molecular weight excluding hydrogens is 572 g/mol. The smallest absolute Gasteiger partial charge is 0.407 e. The van der Waals surface area contributed by atoms with Crippen LogP contribution in [-0.2, 0) is 19.0 Å². The Kier molecular flexibility index (Phi) is 11.1. The number of carbonyl (C=O) groups excluding carboxylic acids is 4. The quantitative estimate of drug-likeness (QED) is 0.0569. The fraction of sp³-hybridized carbons (Fsp3) is 0.333. The van der Waals surface area contributed by atoms with Crippen molar-refractivity contribution in [3.05, 3.63) is 107 Å².